The van der Waals surface area contributed by atoms with Gasteiger partial charge in [-0.25, -0.2) is 18.0 Å². The Morgan fingerprint density at radius 2 is 1.81 bits per heavy atom. The Morgan fingerprint density at radius 3 is 2.46 bits per heavy atom. The maximum absolute atomic E-state index is 14.8. The minimum Gasteiger partial charge on any atom is -0.444 e. The van der Waals surface area contributed by atoms with E-state index in [0.717, 1.165) is 25.0 Å². The number of anilines is 2. The molecule has 37 heavy (non-hydrogen) atoms. The van der Waals surface area contributed by atoms with Crippen LogP contribution in [0.1, 0.15) is 50.4 Å². The summed E-state index contributed by atoms with van der Waals surface area (Å²) >= 11 is 1.92. The van der Waals surface area contributed by atoms with Gasteiger partial charge < -0.3 is 20.1 Å². The third-order valence-electron chi connectivity index (χ3n) is 6.52. The van der Waals surface area contributed by atoms with Crippen molar-refractivity contribution in [3.63, 3.8) is 0 Å². The molecule has 0 saturated carbocycles. The largest absolute Gasteiger partial charge is 0.444 e. The zero-order chi connectivity index (χ0) is 27.1. The summed E-state index contributed by atoms with van der Waals surface area (Å²) in [5.74, 6) is -3.78. The maximum Gasteiger partial charge on any atom is 0.410 e. The van der Waals surface area contributed by atoms with Gasteiger partial charge in [-0.15, -0.1) is 0 Å². The quantitative estimate of drug-likeness (QED) is 0.373. The molecule has 200 valence electrons. The molecule has 0 spiro atoms. The number of likely N-dealkylation sites (tertiary alicyclic amines) is 2. The zero-order valence-electron chi connectivity index (χ0n) is 20.8. The topological polar surface area (TPSA) is 84.8 Å². The van der Waals surface area contributed by atoms with Crippen molar-refractivity contribution in [2.75, 3.05) is 25.0 Å². The standard InChI is InChI=1S/C26H29F3IN3O4/c1-25(2,3)37-24(35)33-11-5-4-6-20(33)26(36)13-32(14-26)23(34)16-8-9-17(27)21(29)22(16)31-19-10-7-15(30)12-18(19)28/h7-10,12,20,31,36H,4-6,11,13-14H2,1-3H3/p+1/t20-/m0/s1. The highest BCUT2D eigenvalue weighted by Crippen LogP contribution is 2.37. The number of amides is 2. The highest BCUT2D eigenvalue weighted by molar-refractivity contribution is 14.1. The van der Waals surface area contributed by atoms with Crippen molar-refractivity contribution in [2.45, 2.75) is 57.3 Å². The molecule has 0 radical (unpaired) electrons. The number of piperidine rings is 1. The Kier molecular flexibility index (Phi) is 7.67. The average molecular weight is 632 g/mol. The van der Waals surface area contributed by atoms with E-state index in [1.165, 1.54) is 17.0 Å². The fourth-order valence-corrected chi connectivity index (χ4v) is 5.23. The van der Waals surface area contributed by atoms with E-state index in [1.54, 1.807) is 31.7 Å². The van der Waals surface area contributed by atoms with Gasteiger partial charge in [0.25, 0.3) is 5.91 Å². The highest BCUT2D eigenvalue weighted by Gasteiger charge is 2.57. The molecule has 2 aliphatic heterocycles. The van der Waals surface area contributed by atoms with Crippen LogP contribution in [0, 0.1) is 21.0 Å². The Labute approximate surface area is 227 Å². The molecule has 0 unspecified atom stereocenters. The van der Waals surface area contributed by atoms with E-state index in [4.69, 9.17) is 9.84 Å². The lowest BCUT2D eigenvalue weighted by molar-refractivity contribution is -0.137. The Balaban J connectivity index is 1.54. The molecule has 2 fully saturated rings. The first-order valence-electron chi connectivity index (χ1n) is 12.0. The molecule has 1 atom stereocenters. The lowest BCUT2D eigenvalue weighted by Gasteiger charge is -2.50. The molecule has 2 aliphatic rings. The first kappa shape index (κ1) is 27.5. The van der Waals surface area contributed by atoms with Crippen LogP contribution >= 0.6 is 22.6 Å². The van der Waals surface area contributed by atoms with Crippen molar-refractivity contribution in [1.82, 2.24) is 9.80 Å². The van der Waals surface area contributed by atoms with Crippen LogP contribution in [0.15, 0.2) is 30.3 Å². The predicted molar refractivity (Wildman–Crippen MR) is 142 cm³/mol. The van der Waals surface area contributed by atoms with E-state index in [0.29, 0.717) is 16.5 Å². The van der Waals surface area contributed by atoms with Crippen molar-refractivity contribution < 1.29 is 32.6 Å². The molecule has 2 amide bonds. The lowest BCUT2D eigenvalue weighted by atomic mass is 9.80. The van der Waals surface area contributed by atoms with Gasteiger partial charge >= 0.3 is 6.09 Å². The fraction of sp³-hybridized carbons (Fsp3) is 0.462. The van der Waals surface area contributed by atoms with Crippen LogP contribution < -0.4 is 5.32 Å². The Hall–Kier alpha value is -2.54. The van der Waals surface area contributed by atoms with Gasteiger partial charge in [0.2, 0.25) is 5.60 Å². The number of nitrogens with zero attached hydrogens (tertiary/aromatic N) is 2. The van der Waals surface area contributed by atoms with Crippen LogP contribution in [0.25, 0.3) is 0 Å². The highest BCUT2D eigenvalue weighted by atomic mass is 127. The van der Waals surface area contributed by atoms with Crippen LogP contribution in [0.3, 0.4) is 0 Å². The smallest absolute Gasteiger partial charge is 0.410 e. The number of hydrogen-bond acceptors (Lipinski definition) is 4. The zero-order valence-corrected chi connectivity index (χ0v) is 23.0. The lowest BCUT2D eigenvalue weighted by Crippen LogP contribution is -2.73. The van der Waals surface area contributed by atoms with Crippen molar-refractivity contribution in [2.24, 2.45) is 0 Å². The van der Waals surface area contributed by atoms with E-state index in [9.17, 15) is 22.8 Å². The maximum atomic E-state index is 14.8. The molecule has 3 N–H and O–H groups in total. The van der Waals surface area contributed by atoms with Gasteiger partial charge in [-0.2, -0.15) is 0 Å². The molecular weight excluding hydrogens is 602 g/mol. The molecular formula is C26H30F3IN3O4+. The van der Waals surface area contributed by atoms with E-state index < -0.39 is 52.4 Å². The fourth-order valence-electron chi connectivity index (χ4n) is 4.78. The number of rotatable bonds is 4. The second kappa shape index (κ2) is 10.3. The minimum atomic E-state index is -1.30. The summed E-state index contributed by atoms with van der Waals surface area (Å²) in [5.41, 5.74) is -2.55. The van der Waals surface area contributed by atoms with Gasteiger partial charge in [0.15, 0.2) is 11.6 Å². The second-order valence-corrected chi connectivity index (χ2v) is 11.8. The molecule has 0 aromatic heterocycles. The van der Waals surface area contributed by atoms with Crippen molar-refractivity contribution >= 4 is 46.0 Å². The van der Waals surface area contributed by atoms with E-state index in [1.807, 2.05) is 22.6 Å². The van der Waals surface area contributed by atoms with Crippen LogP contribution in [-0.2, 0) is 4.74 Å². The average Bonchev–Trinajstić information content (AvgIpc) is 2.80. The van der Waals surface area contributed by atoms with Crippen LogP contribution in [0.2, 0.25) is 0 Å². The normalized spacial score (nSPS) is 19.3. The first-order chi connectivity index (χ1) is 17.3. The number of hydrogen-bond donors (Lipinski definition) is 1. The molecule has 11 heteroatoms. The molecule has 0 aliphatic carbocycles. The summed E-state index contributed by atoms with van der Waals surface area (Å²) in [5, 5.41) is 11.5. The van der Waals surface area contributed by atoms with Crippen LogP contribution in [0.4, 0.5) is 29.3 Å². The molecule has 4 rings (SSSR count). The van der Waals surface area contributed by atoms with Crippen LogP contribution in [0.5, 0.6) is 0 Å². The number of carbonyl (C=O) groups excluding carboxylic acids is 2. The molecule has 2 aromatic carbocycles. The number of ether oxygens (including phenoxy) is 1. The Morgan fingerprint density at radius 1 is 1.11 bits per heavy atom. The van der Waals surface area contributed by atoms with Crippen molar-refractivity contribution in [1.29, 1.82) is 0 Å². The van der Waals surface area contributed by atoms with Gasteiger partial charge in [-0.3, -0.25) is 9.69 Å². The van der Waals surface area contributed by atoms with E-state index >= 15 is 0 Å². The number of nitrogens with one attached hydrogen (secondary N) is 1. The molecule has 7 nitrogen and oxygen atoms in total. The third kappa shape index (κ3) is 5.82. The van der Waals surface area contributed by atoms with Gasteiger partial charge in [-0.05, 0) is 93.0 Å². The SMILES string of the molecule is CC(C)(C)OC(=O)N1CCCC[C@H]1C1([OH2+])CN(C(=O)c2ccc(F)c(F)c2Nc2ccc(I)cc2F)C1. The number of benzene rings is 2. The Bertz CT molecular complexity index is 1210. The summed E-state index contributed by atoms with van der Waals surface area (Å²) < 4.78 is 49.4. The van der Waals surface area contributed by atoms with E-state index in [-0.39, 0.29) is 24.3 Å². The molecule has 2 aromatic rings. The summed E-state index contributed by atoms with van der Waals surface area (Å²) in [7, 11) is 0. The number of halogens is 4. The van der Waals surface area contributed by atoms with Crippen molar-refractivity contribution in [3.8, 4) is 0 Å². The summed E-state index contributed by atoms with van der Waals surface area (Å²) in [6.45, 7) is 5.81. The number of carbonyl (C=O) groups is 2. The monoisotopic (exact) mass is 632 g/mol. The molecule has 2 heterocycles. The third-order valence-corrected chi connectivity index (χ3v) is 7.19. The van der Waals surface area contributed by atoms with Crippen LogP contribution in [-0.4, -0.2) is 63.8 Å². The summed E-state index contributed by atoms with van der Waals surface area (Å²) in [6.07, 6.45) is 1.76. The second-order valence-electron chi connectivity index (χ2n) is 10.5. The molecule has 0 bridgehead atoms. The van der Waals surface area contributed by atoms with E-state index in [2.05, 4.69) is 5.32 Å². The summed E-state index contributed by atoms with van der Waals surface area (Å²) in [6, 6.07) is 5.75. The van der Waals surface area contributed by atoms with Crippen molar-refractivity contribution in [3.05, 3.63) is 56.9 Å². The predicted octanol–water partition coefficient (Wildman–Crippen LogP) is 5.16. The van der Waals surface area contributed by atoms with Gasteiger partial charge in [0.05, 0.1) is 30.0 Å². The van der Waals surface area contributed by atoms with Gasteiger partial charge in [0, 0.05) is 10.1 Å². The first-order valence-corrected chi connectivity index (χ1v) is 13.1. The summed E-state index contributed by atoms with van der Waals surface area (Å²) in [4.78, 5) is 29.1. The van der Waals surface area contributed by atoms with Gasteiger partial charge in [-0.1, -0.05) is 0 Å². The minimum absolute atomic E-state index is 0.00608. The van der Waals surface area contributed by atoms with Gasteiger partial charge in [0.1, 0.15) is 17.5 Å². The molecule has 2 saturated heterocycles.